The highest BCUT2D eigenvalue weighted by molar-refractivity contribution is 6.34. The summed E-state index contributed by atoms with van der Waals surface area (Å²) in [6.45, 7) is -0.147. The molecule has 0 aliphatic rings. The SMILES string of the molecule is N#CCNC(=O)c1ccc([N+](=O)[O-])cc1Cl. The Morgan fingerprint density at radius 1 is 1.62 bits per heavy atom. The van der Waals surface area contributed by atoms with Gasteiger partial charge in [-0.05, 0) is 6.07 Å². The fourth-order valence-corrected chi connectivity index (χ4v) is 1.28. The van der Waals surface area contributed by atoms with E-state index in [1.165, 1.54) is 12.1 Å². The number of hydrogen-bond donors (Lipinski definition) is 1. The Morgan fingerprint density at radius 3 is 2.81 bits per heavy atom. The lowest BCUT2D eigenvalue weighted by atomic mass is 10.2. The van der Waals surface area contributed by atoms with Crippen molar-refractivity contribution in [1.29, 1.82) is 5.26 Å². The molecule has 0 spiro atoms. The van der Waals surface area contributed by atoms with E-state index in [2.05, 4.69) is 5.32 Å². The predicted octanol–water partition coefficient (Wildman–Crippen LogP) is 1.50. The molecule has 0 saturated heterocycles. The third-order valence-electron chi connectivity index (χ3n) is 1.74. The molecule has 0 radical (unpaired) electrons. The topological polar surface area (TPSA) is 96.0 Å². The number of carbonyl (C=O) groups is 1. The van der Waals surface area contributed by atoms with Crippen molar-refractivity contribution >= 4 is 23.2 Å². The van der Waals surface area contributed by atoms with Gasteiger partial charge in [0.05, 0.1) is 21.6 Å². The summed E-state index contributed by atoms with van der Waals surface area (Å²) >= 11 is 5.70. The normalized spacial score (nSPS) is 9.25. The number of nitro benzene ring substituents is 1. The highest BCUT2D eigenvalue weighted by atomic mass is 35.5. The molecule has 0 bridgehead atoms. The number of nitriles is 1. The van der Waals surface area contributed by atoms with Crippen molar-refractivity contribution in [3.8, 4) is 6.07 Å². The smallest absolute Gasteiger partial charge is 0.270 e. The van der Waals surface area contributed by atoms with Gasteiger partial charge < -0.3 is 5.32 Å². The lowest BCUT2D eigenvalue weighted by Gasteiger charge is -2.02. The zero-order valence-corrected chi connectivity index (χ0v) is 8.69. The van der Waals surface area contributed by atoms with E-state index >= 15 is 0 Å². The summed E-state index contributed by atoms with van der Waals surface area (Å²) in [6, 6.07) is 5.24. The van der Waals surface area contributed by atoms with E-state index in [4.69, 9.17) is 16.9 Å². The number of nitrogens with zero attached hydrogens (tertiary/aromatic N) is 2. The Labute approximate surface area is 95.6 Å². The van der Waals surface area contributed by atoms with Gasteiger partial charge in [-0.3, -0.25) is 14.9 Å². The number of non-ortho nitro benzene ring substituents is 1. The Bertz CT molecular complexity index is 481. The first kappa shape index (κ1) is 11.9. The monoisotopic (exact) mass is 239 g/mol. The van der Waals surface area contributed by atoms with E-state index in [1.54, 1.807) is 6.07 Å². The number of halogens is 1. The molecule has 1 amide bonds. The summed E-state index contributed by atoms with van der Waals surface area (Å²) in [4.78, 5) is 21.2. The van der Waals surface area contributed by atoms with Crippen LogP contribution in [0.3, 0.4) is 0 Å². The summed E-state index contributed by atoms with van der Waals surface area (Å²) < 4.78 is 0. The molecule has 6 nitrogen and oxygen atoms in total. The Balaban J connectivity index is 2.95. The van der Waals surface area contributed by atoms with Gasteiger partial charge in [-0.15, -0.1) is 0 Å². The van der Waals surface area contributed by atoms with Crippen molar-refractivity contribution < 1.29 is 9.72 Å². The van der Waals surface area contributed by atoms with Gasteiger partial charge in [0.2, 0.25) is 0 Å². The van der Waals surface area contributed by atoms with Gasteiger partial charge in [0.15, 0.2) is 0 Å². The first-order chi connectivity index (χ1) is 7.56. The Hall–Kier alpha value is -2.13. The maximum absolute atomic E-state index is 11.4. The van der Waals surface area contributed by atoms with E-state index in [9.17, 15) is 14.9 Å². The summed E-state index contributed by atoms with van der Waals surface area (Å²) in [7, 11) is 0. The molecule has 0 unspecified atom stereocenters. The number of carbonyl (C=O) groups excluding carboxylic acids is 1. The second-order valence-electron chi connectivity index (χ2n) is 2.76. The summed E-state index contributed by atoms with van der Waals surface area (Å²) in [5.74, 6) is -0.540. The zero-order chi connectivity index (χ0) is 12.1. The summed E-state index contributed by atoms with van der Waals surface area (Å²) in [6.07, 6.45) is 0. The van der Waals surface area contributed by atoms with Crippen LogP contribution in [0.5, 0.6) is 0 Å². The number of rotatable bonds is 3. The first-order valence-electron chi connectivity index (χ1n) is 4.15. The molecule has 1 rings (SSSR count). The van der Waals surface area contributed by atoms with Crippen LogP contribution in [-0.4, -0.2) is 17.4 Å². The van der Waals surface area contributed by atoms with E-state index < -0.39 is 10.8 Å². The number of hydrogen-bond acceptors (Lipinski definition) is 4. The maximum atomic E-state index is 11.4. The van der Waals surface area contributed by atoms with Crippen LogP contribution in [-0.2, 0) is 0 Å². The average Bonchev–Trinajstić information content (AvgIpc) is 2.25. The van der Waals surface area contributed by atoms with Crippen LogP contribution in [0.1, 0.15) is 10.4 Å². The van der Waals surface area contributed by atoms with Crippen molar-refractivity contribution in [2.75, 3.05) is 6.54 Å². The first-order valence-corrected chi connectivity index (χ1v) is 4.53. The van der Waals surface area contributed by atoms with E-state index in [1.807, 2.05) is 0 Å². The number of amides is 1. The number of nitrogens with one attached hydrogen (secondary N) is 1. The minimum atomic E-state index is -0.608. The molecule has 0 atom stereocenters. The lowest BCUT2D eigenvalue weighted by Crippen LogP contribution is -2.23. The molecule has 0 saturated carbocycles. The molecule has 0 aliphatic carbocycles. The fraction of sp³-hybridized carbons (Fsp3) is 0.111. The standard InChI is InChI=1S/C9H6ClN3O3/c10-8-5-6(13(15)16)1-2-7(8)9(14)12-4-3-11/h1-2,5H,4H2,(H,12,14). The molecular formula is C9H6ClN3O3. The van der Waals surface area contributed by atoms with Crippen molar-refractivity contribution in [3.63, 3.8) is 0 Å². The summed E-state index contributed by atoms with van der Waals surface area (Å²) in [5, 5.41) is 20.9. The van der Waals surface area contributed by atoms with E-state index in [0.717, 1.165) is 6.07 Å². The van der Waals surface area contributed by atoms with Crippen LogP contribution < -0.4 is 5.32 Å². The van der Waals surface area contributed by atoms with Gasteiger partial charge in [-0.2, -0.15) is 5.26 Å². The largest absolute Gasteiger partial charge is 0.339 e. The van der Waals surface area contributed by atoms with Gasteiger partial charge >= 0.3 is 0 Å². The van der Waals surface area contributed by atoms with Crippen molar-refractivity contribution in [2.24, 2.45) is 0 Å². The van der Waals surface area contributed by atoms with Crippen LogP contribution in [0.2, 0.25) is 5.02 Å². The summed E-state index contributed by atoms with van der Waals surface area (Å²) in [5.41, 5.74) is -0.0932. The van der Waals surface area contributed by atoms with Crippen LogP contribution in [0.15, 0.2) is 18.2 Å². The van der Waals surface area contributed by atoms with E-state index in [0.29, 0.717) is 0 Å². The van der Waals surface area contributed by atoms with Gasteiger partial charge in [0, 0.05) is 12.1 Å². The molecule has 0 aromatic heterocycles. The molecule has 16 heavy (non-hydrogen) atoms. The van der Waals surface area contributed by atoms with Gasteiger partial charge in [-0.25, -0.2) is 0 Å². The molecule has 82 valence electrons. The minimum Gasteiger partial charge on any atom is -0.339 e. The van der Waals surface area contributed by atoms with Crippen molar-refractivity contribution in [1.82, 2.24) is 5.32 Å². The number of benzene rings is 1. The second kappa shape index (κ2) is 5.09. The third kappa shape index (κ3) is 2.68. The highest BCUT2D eigenvalue weighted by Gasteiger charge is 2.14. The van der Waals surface area contributed by atoms with Crippen LogP contribution in [0.25, 0.3) is 0 Å². The van der Waals surface area contributed by atoms with E-state index in [-0.39, 0.29) is 22.8 Å². The molecular weight excluding hydrogens is 234 g/mol. The third-order valence-corrected chi connectivity index (χ3v) is 2.05. The molecule has 0 heterocycles. The molecule has 1 aromatic rings. The maximum Gasteiger partial charge on any atom is 0.270 e. The molecule has 0 fully saturated rings. The van der Waals surface area contributed by atoms with Crippen LogP contribution in [0.4, 0.5) is 5.69 Å². The van der Waals surface area contributed by atoms with Crippen molar-refractivity contribution in [2.45, 2.75) is 0 Å². The van der Waals surface area contributed by atoms with Gasteiger partial charge in [0.1, 0.15) is 6.54 Å². The van der Waals surface area contributed by atoms with Crippen LogP contribution >= 0.6 is 11.6 Å². The van der Waals surface area contributed by atoms with Gasteiger partial charge in [-0.1, -0.05) is 11.6 Å². The average molecular weight is 240 g/mol. The fourth-order valence-electron chi connectivity index (χ4n) is 1.02. The number of nitro groups is 1. The second-order valence-corrected chi connectivity index (χ2v) is 3.17. The molecule has 1 N–H and O–H groups in total. The predicted molar refractivity (Wildman–Crippen MR) is 56.1 cm³/mol. The van der Waals surface area contributed by atoms with Crippen molar-refractivity contribution in [3.05, 3.63) is 38.9 Å². The lowest BCUT2D eigenvalue weighted by molar-refractivity contribution is -0.384. The molecule has 1 aromatic carbocycles. The Morgan fingerprint density at radius 2 is 2.31 bits per heavy atom. The Kier molecular flexibility index (Phi) is 3.80. The highest BCUT2D eigenvalue weighted by Crippen LogP contribution is 2.22. The quantitative estimate of drug-likeness (QED) is 0.491. The van der Waals surface area contributed by atoms with Gasteiger partial charge in [0.25, 0.3) is 11.6 Å². The van der Waals surface area contributed by atoms with Crippen LogP contribution in [0, 0.1) is 21.4 Å². The zero-order valence-electron chi connectivity index (χ0n) is 7.94. The minimum absolute atomic E-state index is 0.0235. The molecule has 7 heteroatoms. The molecule has 0 aliphatic heterocycles.